The van der Waals surface area contributed by atoms with Crippen LogP contribution in [0.1, 0.15) is 43.2 Å². The summed E-state index contributed by atoms with van der Waals surface area (Å²) >= 11 is 0. The van der Waals surface area contributed by atoms with Crippen molar-refractivity contribution in [3.8, 4) is 0 Å². The quantitative estimate of drug-likeness (QED) is 0.803. The molecule has 0 bridgehead atoms. The number of sulfonamides is 1. The van der Waals surface area contributed by atoms with E-state index in [4.69, 9.17) is 0 Å². The average molecular weight is 394 g/mol. The van der Waals surface area contributed by atoms with Crippen molar-refractivity contribution in [1.29, 1.82) is 0 Å². The van der Waals surface area contributed by atoms with Crippen LogP contribution < -0.4 is 5.32 Å². The summed E-state index contributed by atoms with van der Waals surface area (Å²) in [6.45, 7) is 7.02. The van der Waals surface area contributed by atoms with Gasteiger partial charge in [-0.1, -0.05) is 25.0 Å². The minimum atomic E-state index is -3.61. The SMILES string of the molecule is Cc1ccc(C)c(S(=O)(=O)N(CCC(=O)N2CCNCC2)C2CCCC2)c1. The molecule has 1 N–H and O–H groups in total. The largest absolute Gasteiger partial charge is 0.340 e. The number of nitrogens with one attached hydrogen (secondary N) is 1. The number of aryl methyl sites for hydroxylation is 2. The molecule has 7 heteroatoms. The third-order valence-electron chi connectivity index (χ3n) is 5.68. The molecule has 0 spiro atoms. The fourth-order valence-electron chi connectivity index (χ4n) is 4.08. The van der Waals surface area contributed by atoms with Crippen LogP contribution >= 0.6 is 0 Å². The zero-order chi connectivity index (χ0) is 19.4. The van der Waals surface area contributed by atoms with Crippen LogP contribution in [0.2, 0.25) is 0 Å². The van der Waals surface area contributed by atoms with Gasteiger partial charge < -0.3 is 10.2 Å². The number of nitrogens with zero attached hydrogens (tertiary/aromatic N) is 2. The van der Waals surface area contributed by atoms with Gasteiger partial charge in [0, 0.05) is 45.2 Å². The molecular weight excluding hydrogens is 362 g/mol. The van der Waals surface area contributed by atoms with Gasteiger partial charge in [0.25, 0.3) is 0 Å². The smallest absolute Gasteiger partial charge is 0.243 e. The van der Waals surface area contributed by atoms with Crippen molar-refractivity contribution >= 4 is 15.9 Å². The summed E-state index contributed by atoms with van der Waals surface area (Å²) in [5.41, 5.74) is 1.69. The fraction of sp³-hybridized carbons (Fsp3) is 0.650. The highest BCUT2D eigenvalue weighted by Gasteiger charge is 2.34. The number of rotatable bonds is 6. The van der Waals surface area contributed by atoms with Gasteiger partial charge in [0.2, 0.25) is 15.9 Å². The normalized spacial score (nSPS) is 19.0. The van der Waals surface area contributed by atoms with Crippen molar-refractivity contribution in [2.24, 2.45) is 0 Å². The molecule has 150 valence electrons. The highest BCUT2D eigenvalue weighted by molar-refractivity contribution is 7.89. The Kier molecular flexibility index (Phi) is 6.55. The van der Waals surface area contributed by atoms with Gasteiger partial charge in [-0.2, -0.15) is 4.31 Å². The van der Waals surface area contributed by atoms with Crippen LogP contribution in [0.4, 0.5) is 0 Å². The minimum absolute atomic E-state index is 0.00531. The monoisotopic (exact) mass is 393 g/mol. The second-order valence-electron chi connectivity index (χ2n) is 7.70. The molecule has 2 fully saturated rings. The van der Waals surface area contributed by atoms with Crippen LogP contribution in [0.15, 0.2) is 23.1 Å². The summed E-state index contributed by atoms with van der Waals surface area (Å²) in [5, 5.41) is 3.24. The van der Waals surface area contributed by atoms with Gasteiger partial charge in [-0.25, -0.2) is 8.42 Å². The molecule has 2 aliphatic rings. The van der Waals surface area contributed by atoms with Crippen LogP contribution in [-0.2, 0) is 14.8 Å². The lowest BCUT2D eigenvalue weighted by Gasteiger charge is -2.31. The summed E-state index contributed by atoms with van der Waals surface area (Å²) in [6, 6.07) is 5.55. The predicted octanol–water partition coefficient (Wildman–Crippen LogP) is 2.06. The van der Waals surface area contributed by atoms with E-state index < -0.39 is 10.0 Å². The van der Waals surface area contributed by atoms with E-state index in [0.29, 0.717) is 18.0 Å². The number of benzene rings is 1. The summed E-state index contributed by atoms with van der Waals surface area (Å²) in [6.07, 6.45) is 4.11. The third-order valence-corrected chi connectivity index (χ3v) is 7.77. The summed E-state index contributed by atoms with van der Waals surface area (Å²) in [7, 11) is -3.61. The van der Waals surface area contributed by atoms with E-state index in [2.05, 4.69) is 5.32 Å². The topological polar surface area (TPSA) is 69.7 Å². The van der Waals surface area contributed by atoms with E-state index in [0.717, 1.165) is 49.9 Å². The standard InChI is InChI=1S/C20H31N3O3S/c1-16-7-8-17(2)19(15-16)27(25,26)23(18-5-3-4-6-18)12-9-20(24)22-13-10-21-11-14-22/h7-8,15,18,21H,3-6,9-14H2,1-2H3. The zero-order valence-electron chi connectivity index (χ0n) is 16.4. The molecule has 6 nitrogen and oxygen atoms in total. The zero-order valence-corrected chi connectivity index (χ0v) is 17.2. The molecule has 1 aromatic carbocycles. The molecule has 1 aliphatic heterocycles. The first-order chi connectivity index (χ1) is 12.9. The maximum absolute atomic E-state index is 13.5. The highest BCUT2D eigenvalue weighted by Crippen LogP contribution is 2.30. The molecule has 1 saturated heterocycles. The number of hydrogen-bond acceptors (Lipinski definition) is 4. The fourth-order valence-corrected chi connectivity index (χ4v) is 6.08. The Morgan fingerprint density at radius 1 is 1.19 bits per heavy atom. The maximum Gasteiger partial charge on any atom is 0.243 e. The molecule has 0 aromatic heterocycles. The van der Waals surface area contributed by atoms with Gasteiger partial charge in [0.1, 0.15) is 0 Å². The lowest BCUT2D eigenvalue weighted by Crippen LogP contribution is -2.48. The van der Waals surface area contributed by atoms with Crippen molar-refractivity contribution in [2.75, 3.05) is 32.7 Å². The highest BCUT2D eigenvalue weighted by atomic mass is 32.2. The van der Waals surface area contributed by atoms with E-state index in [1.807, 2.05) is 30.9 Å². The predicted molar refractivity (Wildman–Crippen MR) is 106 cm³/mol. The molecule has 0 radical (unpaired) electrons. The second kappa shape index (κ2) is 8.71. The first kappa shape index (κ1) is 20.3. The van der Waals surface area contributed by atoms with Crippen LogP contribution in [-0.4, -0.2) is 62.3 Å². The Morgan fingerprint density at radius 3 is 2.52 bits per heavy atom. The van der Waals surface area contributed by atoms with Crippen molar-refractivity contribution in [1.82, 2.24) is 14.5 Å². The molecule has 1 aromatic rings. The van der Waals surface area contributed by atoms with E-state index >= 15 is 0 Å². The van der Waals surface area contributed by atoms with Crippen molar-refractivity contribution in [3.63, 3.8) is 0 Å². The summed E-state index contributed by atoms with van der Waals surface area (Å²) in [5.74, 6) is 0.0515. The van der Waals surface area contributed by atoms with Gasteiger partial charge in [0.05, 0.1) is 4.90 Å². The number of carbonyl (C=O) groups is 1. The van der Waals surface area contributed by atoms with Crippen molar-refractivity contribution in [2.45, 2.75) is 56.9 Å². The Bertz CT molecular complexity index is 767. The third kappa shape index (κ3) is 4.70. The van der Waals surface area contributed by atoms with E-state index in [-0.39, 0.29) is 24.9 Å². The molecule has 0 unspecified atom stereocenters. The number of amides is 1. The first-order valence-corrected chi connectivity index (χ1v) is 11.4. The van der Waals surface area contributed by atoms with Crippen LogP contribution in [0.3, 0.4) is 0 Å². The summed E-state index contributed by atoms with van der Waals surface area (Å²) in [4.78, 5) is 14.8. The van der Waals surface area contributed by atoms with Gasteiger partial charge in [-0.15, -0.1) is 0 Å². The Morgan fingerprint density at radius 2 is 1.85 bits per heavy atom. The van der Waals surface area contributed by atoms with Crippen LogP contribution in [0.25, 0.3) is 0 Å². The molecule has 1 amide bonds. The van der Waals surface area contributed by atoms with Gasteiger partial charge in [0.15, 0.2) is 0 Å². The minimum Gasteiger partial charge on any atom is -0.340 e. The van der Waals surface area contributed by atoms with Gasteiger partial charge >= 0.3 is 0 Å². The van der Waals surface area contributed by atoms with E-state index in [1.165, 1.54) is 0 Å². The van der Waals surface area contributed by atoms with Crippen LogP contribution in [0, 0.1) is 13.8 Å². The lowest BCUT2D eigenvalue weighted by atomic mass is 10.2. The van der Waals surface area contributed by atoms with E-state index in [1.54, 1.807) is 10.4 Å². The number of carbonyl (C=O) groups excluding carboxylic acids is 1. The van der Waals surface area contributed by atoms with Gasteiger partial charge in [-0.3, -0.25) is 4.79 Å². The number of hydrogen-bond donors (Lipinski definition) is 1. The molecular formula is C20H31N3O3S. The first-order valence-electron chi connectivity index (χ1n) is 9.97. The average Bonchev–Trinajstić information content (AvgIpc) is 3.18. The summed E-state index contributed by atoms with van der Waals surface area (Å²) < 4.78 is 28.6. The second-order valence-corrected chi connectivity index (χ2v) is 9.56. The molecule has 3 rings (SSSR count). The Hall–Kier alpha value is -1.44. The molecule has 27 heavy (non-hydrogen) atoms. The Balaban J connectivity index is 1.80. The molecule has 1 saturated carbocycles. The maximum atomic E-state index is 13.5. The van der Waals surface area contributed by atoms with Crippen molar-refractivity contribution < 1.29 is 13.2 Å². The molecule has 1 heterocycles. The Labute approximate surface area is 163 Å². The van der Waals surface area contributed by atoms with E-state index in [9.17, 15) is 13.2 Å². The lowest BCUT2D eigenvalue weighted by molar-refractivity contribution is -0.131. The van der Waals surface area contributed by atoms with Gasteiger partial charge in [-0.05, 0) is 43.9 Å². The van der Waals surface area contributed by atoms with Crippen molar-refractivity contribution in [3.05, 3.63) is 29.3 Å². The molecule has 0 atom stereocenters. The molecule has 1 aliphatic carbocycles. The van der Waals surface area contributed by atoms with Crippen LogP contribution in [0.5, 0.6) is 0 Å². The number of piperazine rings is 1.